The molecule has 188 valence electrons. The number of fused-ring (bicyclic) bond motifs is 1. The predicted octanol–water partition coefficient (Wildman–Crippen LogP) is 2.48. The molecule has 0 radical (unpaired) electrons. The molecule has 2 aromatic rings. The van der Waals surface area contributed by atoms with Crippen LogP contribution in [0.15, 0.2) is 18.2 Å². The third-order valence-corrected chi connectivity index (χ3v) is 7.10. The lowest BCUT2D eigenvalue weighted by atomic mass is 9.97. The lowest BCUT2D eigenvalue weighted by Gasteiger charge is -2.28. The Kier molecular flexibility index (Phi) is 9.85. The molecule has 1 aromatic heterocycles. The first-order valence-electron chi connectivity index (χ1n) is 11.6. The lowest BCUT2D eigenvalue weighted by molar-refractivity contribution is -0.768. The summed E-state index contributed by atoms with van der Waals surface area (Å²) in [6.45, 7) is 5.43. The highest BCUT2D eigenvalue weighted by molar-refractivity contribution is 8.00. The third-order valence-electron chi connectivity index (χ3n) is 5.71. The van der Waals surface area contributed by atoms with Crippen molar-refractivity contribution in [3.63, 3.8) is 0 Å². The van der Waals surface area contributed by atoms with Gasteiger partial charge in [0.05, 0.1) is 5.75 Å². The van der Waals surface area contributed by atoms with Gasteiger partial charge < -0.3 is 30.3 Å². The Hall–Kier alpha value is -2.50. The summed E-state index contributed by atoms with van der Waals surface area (Å²) in [6.07, 6.45) is 2.24. The number of H-pyrrole nitrogens is 1. The van der Waals surface area contributed by atoms with Gasteiger partial charge in [-0.2, -0.15) is 0 Å². The molecule has 1 amide bonds. The van der Waals surface area contributed by atoms with Gasteiger partial charge in [-0.1, -0.05) is 12.8 Å². The van der Waals surface area contributed by atoms with Gasteiger partial charge in [-0.05, 0) is 50.5 Å². The van der Waals surface area contributed by atoms with Crippen molar-refractivity contribution in [3.05, 3.63) is 39.6 Å². The number of aromatic nitrogens is 1. The van der Waals surface area contributed by atoms with Gasteiger partial charge in [-0.25, -0.2) is 0 Å². The number of carbonyl (C=O) groups excluding carboxylic acids is 1. The zero-order chi connectivity index (χ0) is 24.5. The van der Waals surface area contributed by atoms with E-state index in [1.54, 1.807) is 0 Å². The van der Waals surface area contributed by atoms with Crippen LogP contribution < -0.4 is 15.4 Å². The maximum Gasteiger partial charge on any atom is 0.294 e. The number of aliphatic hydroxyl groups is 1. The molecule has 3 rings (SSSR count). The van der Waals surface area contributed by atoms with Crippen LogP contribution in [0, 0.1) is 24.0 Å². The van der Waals surface area contributed by atoms with Gasteiger partial charge >= 0.3 is 0 Å². The van der Waals surface area contributed by atoms with E-state index in [1.807, 2.05) is 26.0 Å². The number of rotatable bonds is 13. The van der Waals surface area contributed by atoms with Gasteiger partial charge in [-0.15, -0.1) is 21.9 Å². The van der Waals surface area contributed by atoms with E-state index in [0.717, 1.165) is 47.2 Å². The number of nitrogens with zero attached hydrogens (tertiary/aromatic N) is 1. The molecule has 0 saturated heterocycles. The minimum atomic E-state index is -0.739. The largest absolute Gasteiger partial charge is 0.490 e. The summed E-state index contributed by atoms with van der Waals surface area (Å²) in [5.74, 6) is 0.862. The van der Waals surface area contributed by atoms with Crippen molar-refractivity contribution < 1.29 is 24.6 Å². The van der Waals surface area contributed by atoms with Crippen LogP contribution in [0.25, 0.3) is 10.9 Å². The third kappa shape index (κ3) is 8.07. The number of aromatic amines is 1. The Bertz CT molecular complexity index is 968. The van der Waals surface area contributed by atoms with Crippen molar-refractivity contribution in [1.82, 2.24) is 15.6 Å². The van der Waals surface area contributed by atoms with E-state index in [2.05, 4.69) is 21.7 Å². The molecule has 1 unspecified atom stereocenters. The van der Waals surface area contributed by atoms with E-state index >= 15 is 0 Å². The van der Waals surface area contributed by atoms with Crippen LogP contribution in [0.4, 0.5) is 0 Å². The summed E-state index contributed by atoms with van der Waals surface area (Å²) in [5.41, 5.74) is 3.14. The smallest absolute Gasteiger partial charge is 0.294 e. The molecule has 1 aliphatic carbocycles. The van der Waals surface area contributed by atoms with Crippen LogP contribution in [-0.4, -0.2) is 70.5 Å². The molecule has 1 saturated carbocycles. The highest BCUT2D eigenvalue weighted by atomic mass is 32.2. The topological polar surface area (TPSA) is 139 Å². The van der Waals surface area contributed by atoms with Crippen LogP contribution in [-0.2, 0) is 9.63 Å². The van der Waals surface area contributed by atoms with Crippen LogP contribution in [0.1, 0.15) is 36.9 Å². The molecule has 34 heavy (non-hydrogen) atoms. The summed E-state index contributed by atoms with van der Waals surface area (Å²) in [4.78, 5) is 30.8. The Morgan fingerprint density at radius 3 is 2.88 bits per heavy atom. The Morgan fingerprint density at radius 2 is 2.09 bits per heavy atom. The first-order chi connectivity index (χ1) is 16.3. The highest BCUT2D eigenvalue weighted by Crippen LogP contribution is 2.31. The molecule has 1 aromatic carbocycles. The summed E-state index contributed by atoms with van der Waals surface area (Å²) in [6, 6.07) is 6.05. The van der Waals surface area contributed by atoms with Crippen molar-refractivity contribution in [1.29, 1.82) is 0 Å². The molecule has 1 fully saturated rings. The first-order valence-corrected chi connectivity index (χ1v) is 12.7. The SMILES string of the molecule is Cc1cc(OCC(O)CNCCNC(=O)CS[C@@H]2CCCC[C@H]2O[N+](=O)[O-])c2cc(C)[nH]c2c1. The van der Waals surface area contributed by atoms with E-state index in [1.165, 1.54) is 11.8 Å². The van der Waals surface area contributed by atoms with Crippen molar-refractivity contribution in [2.45, 2.75) is 57.0 Å². The minimum Gasteiger partial charge on any atom is -0.490 e. The van der Waals surface area contributed by atoms with Crippen molar-refractivity contribution in [2.75, 3.05) is 32.0 Å². The Labute approximate surface area is 203 Å². The summed E-state index contributed by atoms with van der Waals surface area (Å²) < 4.78 is 5.86. The number of carbonyl (C=O) groups is 1. The van der Waals surface area contributed by atoms with Gasteiger partial charge in [-0.3, -0.25) is 4.79 Å². The number of hydrogen-bond acceptors (Lipinski definition) is 8. The second kappa shape index (κ2) is 12.8. The van der Waals surface area contributed by atoms with E-state index < -0.39 is 17.3 Å². The zero-order valence-electron chi connectivity index (χ0n) is 19.7. The minimum absolute atomic E-state index is 0.0389. The summed E-state index contributed by atoms with van der Waals surface area (Å²) in [5, 5.41) is 27.0. The Balaban J connectivity index is 1.29. The summed E-state index contributed by atoms with van der Waals surface area (Å²) in [7, 11) is 0. The molecule has 0 aliphatic heterocycles. The number of aryl methyl sites for hydroxylation is 2. The van der Waals surface area contributed by atoms with Gasteiger partial charge in [0, 0.05) is 41.5 Å². The van der Waals surface area contributed by atoms with Crippen molar-refractivity contribution >= 4 is 28.6 Å². The number of benzene rings is 1. The molecule has 1 aliphatic rings. The van der Waals surface area contributed by atoms with Gasteiger partial charge in [0.1, 0.15) is 24.6 Å². The van der Waals surface area contributed by atoms with E-state index in [-0.39, 0.29) is 23.5 Å². The highest BCUT2D eigenvalue weighted by Gasteiger charge is 2.29. The molecular weight excluding hydrogens is 460 g/mol. The average molecular weight is 495 g/mol. The second-order valence-corrected chi connectivity index (χ2v) is 9.92. The maximum absolute atomic E-state index is 12.1. The van der Waals surface area contributed by atoms with E-state index in [9.17, 15) is 20.0 Å². The number of ether oxygens (including phenoxy) is 1. The molecule has 10 nitrogen and oxygen atoms in total. The van der Waals surface area contributed by atoms with Gasteiger partial charge in [0.15, 0.2) is 0 Å². The molecule has 0 spiro atoms. The quantitative estimate of drug-likeness (QED) is 0.189. The lowest BCUT2D eigenvalue weighted by Crippen LogP contribution is -2.38. The average Bonchev–Trinajstić information content (AvgIpc) is 3.16. The molecule has 3 atom stereocenters. The maximum atomic E-state index is 12.1. The zero-order valence-corrected chi connectivity index (χ0v) is 20.5. The molecular formula is C23H34N4O6S. The standard InChI is InChI=1S/C23H34N4O6S/c1-15-9-19-18(11-16(2)26-19)21(10-15)32-13-17(28)12-24-7-8-25-23(29)14-34-22-6-4-3-5-20(22)33-27(30)31/h9-11,17,20,22,24,26,28H,3-8,12-14H2,1-2H3,(H,25,29)/t17?,20-,22-/m1/s1. The number of thioether (sulfide) groups is 1. The Morgan fingerprint density at radius 1 is 1.29 bits per heavy atom. The number of amides is 1. The number of hydrogen-bond donors (Lipinski definition) is 4. The monoisotopic (exact) mass is 494 g/mol. The van der Waals surface area contributed by atoms with Crippen LogP contribution >= 0.6 is 11.8 Å². The van der Waals surface area contributed by atoms with Crippen molar-refractivity contribution in [2.24, 2.45) is 0 Å². The number of aliphatic hydroxyl groups excluding tert-OH is 1. The normalized spacial score (nSPS) is 19.0. The predicted molar refractivity (Wildman–Crippen MR) is 132 cm³/mol. The van der Waals surface area contributed by atoms with Crippen LogP contribution in [0.3, 0.4) is 0 Å². The second-order valence-electron chi connectivity index (χ2n) is 8.70. The van der Waals surface area contributed by atoms with Gasteiger partial charge in [0.2, 0.25) is 5.91 Å². The molecule has 1 heterocycles. The fourth-order valence-electron chi connectivity index (χ4n) is 4.12. The first kappa shape index (κ1) is 26.1. The van der Waals surface area contributed by atoms with Crippen molar-refractivity contribution in [3.8, 4) is 5.75 Å². The van der Waals surface area contributed by atoms with E-state index in [4.69, 9.17) is 9.57 Å². The fraction of sp³-hybridized carbons (Fsp3) is 0.609. The molecule has 11 heteroatoms. The fourth-order valence-corrected chi connectivity index (χ4v) is 5.32. The van der Waals surface area contributed by atoms with E-state index in [0.29, 0.717) is 26.1 Å². The molecule has 4 N–H and O–H groups in total. The van der Waals surface area contributed by atoms with Crippen LogP contribution in [0.2, 0.25) is 0 Å². The number of nitrogens with one attached hydrogen (secondary N) is 3. The molecule has 0 bridgehead atoms. The van der Waals surface area contributed by atoms with Crippen LogP contribution in [0.5, 0.6) is 5.75 Å². The summed E-state index contributed by atoms with van der Waals surface area (Å²) >= 11 is 1.41. The van der Waals surface area contributed by atoms with Gasteiger partial charge in [0.25, 0.3) is 5.09 Å².